The van der Waals surface area contributed by atoms with Crippen molar-refractivity contribution in [3.63, 3.8) is 0 Å². The summed E-state index contributed by atoms with van der Waals surface area (Å²) in [5, 5.41) is 2.17. The molecule has 3 nitrogen and oxygen atoms in total. The first-order chi connectivity index (χ1) is 15.2. The number of thiophene rings is 1. The molecule has 0 aliphatic heterocycles. The Balaban J connectivity index is 1.56. The van der Waals surface area contributed by atoms with E-state index >= 15 is 0 Å². The number of unbranched alkanes of at least 4 members (excludes halogenated alkanes) is 4. The Hall–Kier alpha value is -1.65. The molecule has 31 heavy (non-hydrogen) atoms. The molecule has 0 spiro atoms. The first kappa shape index (κ1) is 24.0. The summed E-state index contributed by atoms with van der Waals surface area (Å²) in [4.78, 5) is 16.5. The van der Waals surface area contributed by atoms with E-state index in [2.05, 4.69) is 48.4 Å². The van der Waals surface area contributed by atoms with Gasteiger partial charge in [0.05, 0.1) is 0 Å². The van der Waals surface area contributed by atoms with Crippen LogP contribution in [0, 0.1) is 0 Å². The van der Waals surface area contributed by atoms with Crippen LogP contribution >= 0.6 is 11.3 Å². The maximum atomic E-state index is 12.4. The molecule has 1 aromatic heterocycles. The first-order valence-corrected chi connectivity index (χ1v) is 13.2. The van der Waals surface area contributed by atoms with Gasteiger partial charge >= 0.3 is 5.97 Å². The number of rotatable bonds is 13. The van der Waals surface area contributed by atoms with E-state index in [4.69, 9.17) is 4.74 Å². The minimum absolute atomic E-state index is 0.0735. The quantitative estimate of drug-likeness (QED) is 0.194. The minimum Gasteiger partial charge on any atom is -0.426 e. The average Bonchev–Trinajstić information content (AvgIpc) is 3.30. The van der Waals surface area contributed by atoms with Gasteiger partial charge in [-0.15, -0.1) is 11.3 Å². The summed E-state index contributed by atoms with van der Waals surface area (Å²) >= 11 is 1.86. The second-order valence-electron chi connectivity index (χ2n) is 8.79. The Morgan fingerprint density at radius 2 is 1.94 bits per heavy atom. The molecule has 0 amide bonds. The van der Waals surface area contributed by atoms with Crippen LogP contribution in [-0.4, -0.2) is 30.0 Å². The number of fused-ring (bicyclic) bond motifs is 1. The van der Waals surface area contributed by atoms with E-state index in [1.54, 1.807) is 0 Å². The minimum atomic E-state index is -0.0735. The highest BCUT2D eigenvalue weighted by Crippen LogP contribution is 2.32. The third-order valence-electron chi connectivity index (χ3n) is 6.37. The third kappa shape index (κ3) is 7.47. The number of hydrogen-bond donors (Lipinski definition) is 0. The smallest absolute Gasteiger partial charge is 0.311 e. The molecule has 1 aliphatic rings. The number of nitrogens with zero attached hydrogens (tertiary/aromatic N) is 1. The Morgan fingerprint density at radius 1 is 1.06 bits per heavy atom. The van der Waals surface area contributed by atoms with E-state index in [0.717, 1.165) is 57.4 Å². The summed E-state index contributed by atoms with van der Waals surface area (Å²) in [5.74, 6) is 0.728. The van der Waals surface area contributed by atoms with Crippen LogP contribution in [0.5, 0.6) is 5.75 Å². The van der Waals surface area contributed by atoms with E-state index in [9.17, 15) is 4.79 Å². The van der Waals surface area contributed by atoms with E-state index in [1.807, 2.05) is 17.4 Å². The maximum absolute atomic E-state index is 12.4. The van der Waals surface area contributed by atoms with Crippen LogP contribution in [0.25, 0.3) is 0 Å². The summed E-state index contributed by atoms with van der Waals surface area (Å²) in [6.07, 6.45) is 11.8. The second-order valence-corrected chi connectivity index (χ2v) is 9.83. The van der Waals surface area contributed by atoms with Crippen molar-refractivity contribution in [1.82, 2.24) is 4.90 Å². The maximum Gasteiger partial charge on any atom is 0.311 e. The van der Waals surface area contributed by atoms with Crippen LogP contribution in [0.4, 0.5) is 0 Å². The van der Waals surface area contributed by atoms with Crippen molar-refractivity contribution in [2.24, 2.45) is 0 Å². The monoisotopic (exact) mass is 441 g/mol. The predicted molar refractivity (Wildman–Crippen MR) is 131 cm³/mol. The summed E-state index contributed by atoms with van der Waals surface area (Å²) < 4.78 is 5.81. The zero-order chi connectivity index (χ0) is 21.9. The van der Waals surface area contributed by atoms with Crippen molar-refractivity contribution in [1.29, 1.82) is 0 Å². The average molecular weight is 442 g/mol. The van der Waals surface area contributed by atoms with Crippen LogP contribution in [0.1, 0.15) is 81.2 Å². The van der Waals surface area contributed by atoms with Gasteiger partial charge in [0.15, 0.2) is 0 Å². The molecule has 1 aliphatic carbocycles. The second kappa shape index (κ2) is 13.0. The first-order valence-electron chi connectivity index (χ1n) is 12.3. The lowest BCUT2D eigenvalue weighted by molar-refractivity contribution is -0.134. The van der Waals surface area contributed by atoms with Crippen LogP contribution in [0.15, 0.2) is 35.7 Å². The zero-order valence-corrected chi connectivity index (χ0v) is 20.2. The van der Waals surface area contributed by atoms with Gasteiger partial charge in [0.2, 0.25) is 0 Å². The van der Waals surface area contributed by atoms with Crippen molar-refractivity contribution in [3.8, 4) is 5.75 Å². The van der Waals surface area contributed by atoms with E-state index in [1.165, 1.54) is 41.7 Å². The molecule has 0 bridgehead atoms. The lowest BCUT2D eigenvalue weighted by Crippen LogP contribution is -2.41. The van der Waals surface area contributed by atoms with Crippen LogP contribution in [0.3, 0.4) is 0 Å². The van der Waals surface area contributed by atoms with E-state index in [-0.39, 0.29) is 5.97 Å². The molecular formula is C27H39NO2S. The number of ether oxygens (including phenoxy) is 1. The Bertz CT molecular complexity index is 787. The molecule has 4 heteroatoms. The highest BCUT2D eigenvalue weighted by molar-refractivity contribution is 7.09. The van der Waals surface area contributed by atoms with Gasteiger partial charge in [-0.3, -0.25) is 9.69 Å². The van der Waals surface area contributed by atoms with Crippen LogP contribution < -0.4 is 4.74 Å². The Labute approximate surface area is 192 Å². The molecule has 1 aromatic carbocycles. The Kier molecular flexibility index (Phi) is 10.1. The lowest BCUT2D eigenvalue weighted by Gasteiger charge is -2.35. The molecule has 0 fully saturated rings. The number of benzene rings is 1. The number of esters is 1. The van der Waals surface area contributed by atoms with Gasteiger partial charge in [0, 0.05) is 23.9 Å². The fraction of sp³-hybridized carbons (Fsp3) is 0.593. The van der Waals surface area contributed by atoms with Gasteiger partial charge in [-0.2, -0.15) is 0 Å². The summed E-state index contributed by atoms with van der Waals surface area (Å²) in [5.41, 5.74) is 2.62. The van der Waals surface area contributed by atoms with Gasteiger partial charge in [0.25, 0.3) is 0 Å². The molecule has 1 atom stereocenters. The van der Waals surface area contributed by atoms with Crippen molar-refractivity contribution in [2.75, 3.05) is 13.1 Å². The molecule has 0 unspecified atom stereocenters. The predicted octanol–water partition coefficient (Wildman–Crippen LogP) is 6.83. The van der Waals surface area contributed by atoms with Gasteiger partial charge in [0.1, 0.15) is 5.75 Å². The fourth-order valence-electron chi connectivity index (χ4n) is 4.68. The normalized spacial score (nSPS) is 15.8. The van der Waals surface area contributed by atoms with Crippen LogP contribution in [-0.2, 0) is 24.1 Å². The molecule has 0 radical (unpaired) electrons. The number of hydrogen-bond acceptors (Lipinski definition) is 4. The Morgan fingerprint density at radius 3 is 2.71 bits per heavy atom. The number of carbonyl (C=O) groups is 1. The zero-order valence-electron chi connectivity index (χ0n) is 19.4. The van der Waals surface area contributed by atoms with Crippen molar-refractivity contribution in [3.05, 3.63) is 51.7 Å². The summed E-state index contributed by atoms with van der Waals surface area (Å²) in [6, 6.07) is 11.2. The van der Waals surface area contributed by atoms with Crippen molar-refractivity contribution >= 4 is 17.3 Å². The number of carbonyl (C=O) groups excluding carboxylic acids is 1. The fourth-order valence-corrected chi connectivity index (χ4v) is 5.38. The van der Waals surface area contributed by atoms with Gasteiger partial charge in [-0.1, -0.05) is 57.7 Å². The third-order valence-corrected chi connectivity index (χ3v) is 7.31. The molecule has 1 heterocycles. The van der Waals surface area contributed by atoms with E-state index < -0.39 is 0 Å². The molecular weight excluding hydrogens is 402 g/mol. The van der Waals surface area contributed by atoms with Crippen molar-refractivity contribution in [2.45, 2.75) is 90.5 Å². The molecule has 0 saturated carbocycles. The largest absolute Gasteiger partial charge is 0.426 e. The van der Waals surface area contributed by atoms with Gasteiger partial charge in [-0.25, -0.2) is 0 Å². The van der Waals surface area contributed by atoms with Crippen molar-refractivity contribution < 1.29 is 9.53 Å². The lowest BCUT2D eigenvalue weighted by atomic mass is 9.86. The SMILES string of the molecule is CCCCCCCC(=O)Oc1cccc2c1CC[C@H](N(CCC)CCc1cccs1)C2. The molecule has 170 valence electrons. The highest BCUT2D eigenvalue weighted by atomic mass is 32.1. The standard InChI is InChI=1S/C27H39NO2S/c1-3-5-6-7-8-14-27(29)30-26-13-9-11-22-21-23(15-16-25(22)26)28(18-4-2)19-17-24-12-10-20-31-24/h9-13,20,23H,3-8,14-19,21H2,1-2H3/t23-/m0/s1. The van der Waals surface area contributed by atoms with Gasteiger partial charge in [-0.05, 0) is 73.7 Å². The summed E-state index contributed by atoms with van der Waals surface area (Å²) in [7, 11) is 0. The highest BCUT2D eigenvalue weighted by Gasteiger charge is 2.26. The van der Waals surface area contributed by atoms with Crippen LogP contribution in [0.2, 0.25) is 0 Å². The molecule has 0 saturated heterocycles. The molecule has 2 aromatic rings. The molecule has 3 rings (SSSR count). The van der Waals surface area contributed by atoms with E-state index in [0.29, 0.717) is 12.5 Å². The summed E-state index contributed by atoms with van der Waals surface area (Å²) in [6.45, 7) is 6.76. The molecule has 0 N–H and O–H groups in total. The topological polar surface area (TPSA) is 29.5 Å². The van der Waals surface area contributed by atoms with Gasteiger partial charge < -0.3 is 4.74 Å².